The molecule has 1 spiro atoms. The molecule has 0 saturated carbocycles. The summed E-state index contributed by atoms with van der Waals surface area (Å²) < 4.78 is 0. The maximum atomic E-state index is 13.3. The zero-order chi connectivity index (χ0) is 17.4. The van der Waals surface area contributed by atoms with Crippen LogP contribution in [0.1, 0.15) is 24.8 Å². The molecule has 0 radical (unpaired) electrons. The second-order valence-corrected chi connectivity index (χ2v) is 7.39. The lowest BCUT2D eigenvalue weighted by Gasteiger charge is -2.39. The molecule has 1 aromatic heterocycles. The van der Waals surface area contributed by atoms with Gasteiger partial charge in [-0.05, 0) is 37.8 Å². The molecule has 2 aliphatic heterocycles. The predicted molar refractivity (Wildman–Crippen MR) is 99.1 cm³/mol. The minimum atomic E-state index is -0.329. The van der Waals surface area contributed by atoms with Crippen molar-refractivity contribution in [1.82, 2.24) is 9.97 Å². The average molecular weight is 357 g/mol. The summed E-state index contributed by atoms with van der Waals surface area (Å²) in [4.78, 5) is 25.9. The molecule has 6 heteroatoms. The largest absolute Gasteiger partial charge is 0.354 e. The number of hydrogen-bond acceptors (Lipinski definition) is 4. The van der Waals surface area contributed by atoms with E-state index < -0.39 is 0 Å². The first-order chi connectivity index (χ1) is 12.1. The van der Waals surface area contributed by atoms with Gasteiger partial charge in [0.1, 0.15) is 11.0 Å². The molecule has 2 aliphatic rings. The summed E-state index contributed by atoms with van der Waals surface area (Å²) in [5.74, 6) is 0.996. The Morgan fingerprint density at radius 2 is 2.00 bits per heavy atom. The number of hydrogen-bond donors (Lipinski definition) is 0. The number of para-hydroxylation sites is 1. The molecule has 1 aromatic carbocycles. The fourth-order valence-electron chi connectivity index (χ4n) is 4.11. The van der Waals surface area contributed by atoms with E-state index in [2.05, 4.69) is 27.9 Å². The highest BCUT2D eigenvalue weighted by Gasteiger charge is 2.49. The minimum Gasteiger partial charge on any atom is -0.354 e. The summed E-state index contributed by atoms with van der Waals surface area (Å²) in [5, 5.41) is 0.386. The van der Waals surface area contributed by atoms with E-state index in [1.807, 2.05) is 23.1 Å². The van der Waals surface area contributed by atoms with Crippen LogP contribution in [-0.4, -0.2) is 35.5 Å². The van der Waals surface area contributed by atoms with Crippen LogP contribution in [0.2, 0.25) is 5.15 Å². The van der Waals surface area contributed by atoms with Crippen LogP contribution in [-0.2, 0) is 4.79 Å². The molecule has 25 heavy (non-hydrogen) atoms. The van der Waals surface area contributed by atoms with Crippen molar-refractivity contribution in [2.75, 3.05) is 29.4 Å². The summed E-state index contributed by atoms with van der Waals surface area (Å²) >= 11 is 5.99. The van der Waals surface area contributed by atoms with Crippen LogP contribution in [0.3, 0.4) is 0 Å². The Morgan fingerprint density at radius 1 is 1.16 bits per heavy atom. The first-order valence-electron chi connectivity index (χ1n) is 8.69. The van der Waals surface area contributed by atoms with Crippen molar-refractivity contribution in [3.63, 3.8) is 0 Å². The van der Waals surface area contributed by atoms with E-state index in [1.165, 1.54) is 6.20 Å². The maximum absolute atomic E-state index is 13.3. The molecule has 2 aromatic rings. The topological polar surface area (TPSA) is 49.3 Å². The van der Waals surface area contributed by atoms with Crippen LogP contribution < -0.4 is 9.80 Å². The van der Waals surface area contributed by atoms with Gasteiger partial charge in [-0.2, -0.15) is 0 Å². The van der Waals surface area contributed by atoms with E-state index in [0.29, 0.717) is 11.7 Å². The monoisotopic (exact) mass is 356 g/mol. The molecule has 4 rings (SSSR count). The Morgan fingerprint density at radius 3 is 2.80 bits per heavy atom. The van der Waals surface area contributed by atoms with E-state index in [9.17, 15) is 4.79 Å². The average Bonchev–Trinajstić information content (AvgIpc) is 2.92. The first kappa shape index (κ1) is 16.3. The maximum Gasteiger partial charge on any atom is 0.235 e. The Hall–Kier alpha value is -2.14. The van der Waals surface area contributed by atoms with Gasteiger partial charge < -0.3 is 9.80 Å². The van der Waals surface area contributed by atoms with Crippen LogP contribution in [0.25, 0.3) is 0 Å². The van der Waals surface area contributed by atoms with Crippen LogP contribution in [0.5, 0.6) is 0 Å². The summed E-state index contributed by atoms with van der Waals surface area (Å²) in [5.41, 5.74) is 1.84. The zero-order valence-corrected chi connectivity index (χ0v) is 15.0. The highest BCUT2D eigenvalue weighted by Crippen LogP contribution is 2.43. The number of aryl methyl sites for hydroxylation is 1. The van der Waals surface area contributed by atoms with Crippen LogP contribution >= 0.6 is 11.6 Å². The van der Waals surface area contributed by atoms with Crippen molar-refractivity contribution < 1.29 is 4.79 Å². The van der Waals surface area contributed by atoms with Crippen LogP contribution in [0.15, 0.2) is 36.7 Å². The first-order valence-corrected chi connectivity index (χ1v) is 9.07. The Bertz CT molecular complexity index is 812. The number of anilines is 2. The molecule has 5 nitrogen and oxygen atoms in total. The Labute approximate surface area is 152 Å². The van der Waals surface area contributed by atoms with Crippen molar-refractivity contribution in [2.45, 2.75) is 26.2 Å². The van der Waals surface area contributed by atoms with Gasteiger partial charge in [0, 0.05) is 25.3 Å². The van der Waals surface area contributed by atoms with E-state index in [0.717, 1.165) is 49.4 Å². The molecule has 0 bridgehead atoms. The van der Waals surface area contributed by atoms with Crippen molar-refractivity contribution in [3.8, 4) is 0 Å². The van der Waals surface area contributed by atoms with E-state index in [1.54, 1.807) is 6.20 Å². The number of nitrogens with zero attached hydrogens (tertiary/aromatic N) is 4. The molecule has 2 saturated heterocycles. The Kier molecular flexibility index (Phi) is 4.12. The number of rotatable bonds is 2. The smallest absolute Gasteiger partial charge is 0.235 e. The second kappa shape index (κ2) is 6.30. The van der Waals surface area contributed by atoms with Gasteiger partial charge in [-0.1, -0.05) is 29.8 Å². The molecule has 3 heterocycles. The van der Waals surface area contributed by atoms with E-state index in [-0.39, 0.29) is 11.3 Å². The summed E-state index contributed by atoms with van der Waals surface area (Å²) in [7, 11) is 0. The summed E-state index contributed by atoms with van der Waals surface area (Å²) in [6.07, 6.45) is 6.04. The minimum absolute atomic E-state index is 0.237. The normalized spacial score (nSPS) is 23.5. The lowest BCUT2D eigenvalue weighted by Crippen LogP contribution is -2.48. The molecule has 0 aliphatic carbocycles. The third-order valence-corrected chi connectivity index (χ3v) is 5.59. The van der Waals surface area contributed by atoms with Gasteiger partial charge in [0.05, 0.1) is 17.8 Å². The van der Waals surface area contributed by atoms with Gasteiger partial charge in [-0.15, -0.1) is 0 Å². The molecule has 0 N–H and O–H groups in total. The highest BCUT2D eigenvalue weighted by molar-refractivity contribution is 6.29. The van der Waals surface area contributed by atoms with Crippen LogP contribution in [0, 0.1) is 12.3 Å². The van der Waals surface area contributed by atoms with Gasteiger partial charge >= 0.3 is 0 Å². The highest BCUT2D eigenvalue weighted by atomic mass is 35.5. The SMILES string of the molecule is Cc1ccccc1N1CCC2(CCCN(c3cncc(Cl)n3)C2)C1=O. The number of carbonyl (C=O) groups is 1. The quantitative estimate of drug-likeness (QED) is 0.826. The van der Waals surface area contributed by atoms with Crippen molar-refractivity contribution in [3.05, 3.63) is 47.4 Å². The summed E-state index contributed by atoms with van der Waals surface area (Å²) in [6, 6.07) is 8.10. The molecule has 1 amide bonds. The van der Waals surface area contributed by atoms with Gasteiger partial charge in [-0.3, -0.25) is 9.78 Å². The van der Waals surface area contributed by atoms with E-state index in [4.69, 9.17) is 11.6 Å². The van der Waals surface area contributed by atoms with Gasteiger partial charge in [0.15, 0.2) is 0 Å². The number of aromatic nitrogens is 2. The second-order valence-electron chi connectivity index (χ2n) is 7.00. The molecule has 1 atom stereocenters. The van der Waals surface area contributed by atoms with Gasteiger partial charge in [-0.25, -0.2) is 4.98 Å². The zero-order valence-electron chi connectivity index (χ0n) is 14.3. The number of halogens is 1. The number of amides is 1. The molecular formula is C19H21ClN4O. The number of carbonyl (C=O) groups excluding carboxylic acids is 1. The van der Waals surface area contributed by atoms with Crippen molar-refractivity contribution in [1.29, 1.82) is 0 Å². The predicted octanol–water partition coefficient (Wildman–Crippen LogP) is 3.46. The summed E-state index contributed by atoms with van der Waals surface area (Å²) in [6.45, 7) is 4.40. The lowest BCUT2D eigenvalue weighted by atomic mass is 9.78. The third-order valence-electron chi connectivity index (χ3n) is 5.41. The lowest BCUT2D eigenvalue weighted by molar-refractivity contribution is -0.126. The fourth-order valence-corrected chi connectivity index (χ4v) is 4.25. The Balaban J connectivity index is 1.60. The van der Waals surface area contributed by atoms with Gasteiger partial charge in [0.25, 0.3) is 0 Å². The molecule has 1 unspecified atom stereocenters. The number of benzene rings is 1. The number of piperidine rings is 1. The van der Waals surface area contributed by atoms with Crippen LogP contribution in [0.4, 0.5) is 11.5 Å². The van der Waals surface area contributed by atoms with Gasteiger partial charge in [0.2, 0.25) is 5.91 Å². The molecular weight excluding hydrogens is 336 g/mol. The molecule has 2 fully saturated rings. The molecule has 130 valence electrons. The standard InChI is InChI=1S/C19H21ClN4O/c1-14-5-2-3-6-15(14)24-10-8-19(18(24)25)7-4-9-23(13-19)17-12-21-11-16(20)22-17/h2-3,5-6,11-12H,4,7-10,13H2,1H3. The third kappa shape index (κ3) is 2.86. The van der Waals surface area contributed by atoms with Crippen molar-refractivity contribution in [2.24, 2.45) is 5.41 Å². The van der Waals surface area contributed by atoms with E-state index >= 15 is 0 Å². The van der Waals surface area contributed by atoms with Crippen molar-refractivity contribution >= 4 is 29.0 Å². The fraction of sp³-hybridized carbons (Fsp3) is 0.421.